The summed E-state index contributed by atoms with van der Waals surface area (Å²) in [5.41, 5.74) is 1.81. The highest BCUT2D eigenvalue weighted by Gasteiger charge is 2.53. The summed E-state index contributed by atoms with van der Waals surface area (Å²) in [6.07, 6.45) is 6.07. The van der Waals surface area contributed by atoms with Gasteiger partial charge in [-0.25, -0.2) is 0 Å². The summed E-state index contributed by atoms with van der Waals surface area (Å²) in [5.74, 6) is 0. The van der Waals surface area contributed by atoms with E-state index < -0.39 is 0 Å². The average Bonchev–Trinajstić information content (AvgIpc) is 3.26. The van der Waals surface area contributed by atoms with Gasteiger partial charge in [0.2, 0.25) is 0 Å². The molecule has 3 aliphatic rings. The van der Waals surface area contributed by atoms with E-state index in [4.69, 9.17) is 4.74 Å². The van der Waals surface area contributed by atoms with E-state index in [9.17, 15) is 0 Å². The second-order valence-electron chi connectivity index (χ2n) is 7.15. The van der Waals surface area contributed by atoms with Gasteiger partial charge in [-0.3, -0.25) is 0 Å². The summed E-state index contributed by atoms with van der Waals surface area (Å²) < 4.78 is 6.54. The van der Waals surface area contributed by atoms with Gasteiger partial charge in [-0.1, -0.05) is 30.3 Å². The topological polar surface area (TPSA) is 24.5 Å². The number of rotatable bonds is 3. The van der Waals surface area contributed by atoms with Crippen LogP contribution in [0.1, 0.15) is 31.2 Å². The zero-order valence-electron chi connectivity index (χ0n) is 12.8. The smallest absolute Gasteiger partial charge is 0.0838 e. The first-order valence-electron chi connectivity index (χ1n) is 8.45. The van der Waals surface area contributed by atoms with Crippen molar-refractivity contribution in [1.29, 1.82) is 0 Å². The number of benzene rings is 1. The molecule has 2 heterocycles. The van der Waals surface area contributed by atoms with Gasteiger partial charge in [0.1, 0.15) is 0 Å². The van der Waals surface area contributed by atoms with Gasteiger partial charge in [0, 0.05) is 32.7 Å². The molecular formula is C18H26N2O. The van der Waals surface area contributed by atoms with Crippen LogP contribution in [0.25, 0.3) is 0 Å². The number of hydrogen-bond donors (Lipinski definition) is 1. The van der Waals surface area contributed by atoms with Gasteiger partial charge in [0.15, 0.2) is 0 Å². The molecular weight excluding hydrogens is 260 g/mol. The van der Waals surface area contributed by atoms with Gasteiger partial charge >= 0.3 is 0 Å². The molecule has 0 bridgehead atoms. The van der Waals surface area contributed by atoms with Crippen molar-refractivity contribution >= 4 is 0 Å². The first-order valence-corrected chi connectivity index (χ1v) is 8.45. The second-order valence-corrected chi connectivity index (χ2v) is 7.15. The van der Waals surface area contributed by atoms with Crippen LogP contribution in [0, 0.1) is 0 Å². The van der Waals surface area contributed by atoms with Crippen molar-refractivity contribution in [3.05, 3.63) is 35.9 Å². The maximum atomic E-state index is 6.54. The minimum Gasteiger partial charge on any atom is -0.366 e. The molecule has 2 spiro atoms. The maximum absolute atomic E-state index is 6.54. The summed E-state index contributed by atoms with van der Waals surface area (Å²) in [6, 6.07) is 10.8. The molecule has 21 heavy (non-hydrogen) atoms. The van der Waals surface area contributed by atoms with E-state index >= 15 is 0 Å². The monoisotopic (exact) mass is 286 g/mol. The van der Waals surface area contributed by atoms with Crippen LogP contribution < -0.4 is 5.32 Å². The van der Waals surface area contributed by atoms with Crippen molar-refractivity contribution < 1.29 is 4.74 Å². The fourth-order valence-corrected chi connectivity index (χ4v) is 3.86. The van der Waals surface area contributed by atoms with Crippen LogP contribution in [0.3, 0.4) is 0 Å². The van der Waals surface area contributed by atoms with Crippen LogP contribution in [0.4, 0.5) is 0 Å². The molecule has 114 valence electrons. The van der Waals surface area contributed by atoms with E-state index in [2.05, 4.69) is 40.5 Å². The Morgan fingerprint density at radius 2 is 1.62 bits per heavy atom. The summed E-state index contributed by atoms with van der Waals surface area (Å²) >= 11 is 0. The highest BCUT2D eigenvalue weighted by Crippen LogP contribution is 2.46. The van der Waals surface area contributed by atoms with Gasteiger partial charge in [-0.2, -0.15) is 0 Å². The quantitative estimate of drug-likeness (QED) is 0.922. The molecule has 0 aromatic heterocycles. The summed E-state index contributed by atoms with van der Waals surface area (Å²) in [5, 5.41) is 3.63. The Morgan fingerprint density at radius 3 is 2.29 bits per heavy atom. The van der Waals surface area contributed by atoms with Gasteiger partial charge < -0.3 is 15.0 Å². The van der Waals surface area contributed by atoms with Crippen LogP contribution in [0.5, 0.6) is 0 Å². The van der Waals surface area contributed by atoms with Gasteiger partial charge in [0.25, 0.3) is 0 Å². The number of hydrogen-bond acceptors (Lipinski definition) is 3. The van der Waals surface area contributed by atoms with E-state index in [0.717, 1.165) is 19.5 Å². The SMILES string of the molecule is c1ccc(CCN2CCC3(CC2)CNCC2(CC2)O3)cc1. The predicted octanol–water partition coefficient (Wildman–Crippen LogP) is 2.22. The van der Waals surface area contributed by atoms with Crippen molar-refractivity contribution in [2.75, 3.05) is 32.7 Å². The van der Waals surface area contributed by atoms with Gasteiger partial charge in [0.05, 0.1) is 11.2 Å². The predicted molar refractivity (Wildman–Crippen MR) is 84.5 cm³/mol. The Bertz CT molecular complexity index is 475. The molecule has 0 radical (unpaired) electrons. The number of nitrogens with zero attached hydrogens (tertiary/aromatic N) is 1. The zero-order chi connectivity index (χ0) is 14.2. The number of likely N-dealkylation sites (tertiary alicyclic amines) is 1. The van der Waals surface area contributed by atoms with Crippen LogP contribution in [-0.4, -0.2) is 48.8 Å². The van der Waals surface area contributed by atoms with Crippen molar-refractivity contribution in [2.45, 2.75) is 43.3 Å². The molecule has 1 N–H and O–H groups in total. The number of morpholine rings is 1. The fourth-order valence-electron chi connectivity index (χ4n) is 3.86. The molecule has 3 fully saturated rings. The lowest BCUT2D eigenvalue weighted by Crippen LogP contribution is -2.59. The summed E-state index contributed by atoms with van der Waals surface area (Å²) in [6.45, 7) is 5.68. The molecule has 1 saturated carbocycles. The highest BCUT2D eigenvalue weighted by atomic mass is 16.5. The Kier molecular flexibility index (Phi) is 3.52. The standard InChI is InChI=1S/C18H26N2O/c1-2-4-16(5-3-1)6-11-20-12-9-18(10-13-20)15-19-14-17(21-18)7-8-17/h1-5,19H,6-15H2. The maximum Gasteiger partial charge on any atom is 0.0838 e. The van der Waals surface area contributed by atoms with Gasteiger partial charge in [-0.15, -0.1) is 0 Å². The molecule has 3 nitrogen and oxygen atoms in total. The Morgan fingerprint density at radius 1 is 0.952 bits per heavy atom. The molecule has 1 aliphatic carbocycles. The van der Waals surface area contributed by atoms with Crippen molar-refractivity contribution in [3.8, 4) is 0 Å². The first kappa shape index (κ1) is 13.7. The number of ether oxygens (including phenoxy) is 1. The molecule has 3 heteroatoms. The van der Waals surface area contributed by atoms with Crippen molar-refractivity contribution in [1.82, 2.24) is 10.2 Å². The normalized spacial score (nSPS) is 27.0. The molecule has 1 aromatic carbocycles. The first-order chi connectivity index (χ1) is 10.3. The molecule has 2 aliphatic heterocycles. The molecule has 0 atom stereocenters. The second kappa shape index (κ2) is 5.38. The van der Waals surface area contributed by atoms with Crippen molar-refractivity contribution in [2.24, 2.45) is 0 Å². The molecule has 4 rings (SSSR count). The van der Waals surface area contributed by atoms with Crippen LogP contribution in [-0.2, 0) is 11.2 Å². The van der Waals surface area contributed by atoms with Crippen LogP contribution in [0.2, 0.25) is 0 Å². The van der Waals surface area contributed by atoms with Crippen LogP contribution in [0.15, 0.2) is 30.3 Å². The van der Waals surface area contributed by atoms with E-state index in [1.54, 1.807) is 0 Å². The van der Waals surface area contributed by atoms with E-state index in [1.165, 1.54) is 50.9 Å². The highest BCUT2D eigenvalue weighted by molar-refractivity contribution is 5.15. The average molecular weight is 286 g/mol. The lowest BCUT2D eigenvalue weighted by Gasteiger charge is -2.47. The number of nitrogens with one attached hydrogen (secondary N) is 1. The Hall–Kier alpha value is -0.900. The van der Waals surface area contributed by atoms with E-state index in [0.29, 0.717) is 0 Å². The third-order valence-corrected chi connectivity index (χ3v) is 5.46. The zero-order valence-corrected chi connectivity index (χ0v) is 12.8. The third kappa shape index (κ3) is 3.01. The van der Waals surface area contributed by atoms with Crippen molar-refractivity contribution in [3.63, 3.8) is 0 Å². The summed E-state index contributed by atoms with van der Waals surface area (Å²) in [4.78, 5) is 2.61. The Balaban J connectivity index is 1.28. The minimum atomic E-state index is 0.137. The molecule has 0 amide bonds. The van der Waals surface area contributed by atoms with E-state index in [-0.39, 0.29) is 11.2 Å². The molecule has 2 saturated heterocycles. The summed E-state index contributed by atoms with van der Waals surface area (Å²) in [7, 11) is 0. The molecule has 1 aromatic rings. The van der Waals surface area contributed by atoms with Gasteiger partial charge in [-0.05, 0) is 37.7 Å². The lowest BCUT2D eigenvalue weighted by molar-refractivity contribution is -0.154. The largest absolute Gasteiger partial charge is 0.366 e. The minimum absolute atomic E-state index is 0.137. The van der Waals surface area contributed by atoms with Crippen LogP contribution >= 0.6 is 0 Å². The van der Waals surface area contributed by atoms with E-state index in [1.807, 2.05) is 0 Å². The third-order valence-electron chi connectivity index (χ3n) is 5.46. The fraction of sp³-hybridized carbons (Fsp3) is 0.667. The Labute approximate surface area is 127 Å². The molecule has 0 unspecified atom stereocenters. The lowest BCUT2D eigenvalue weighted by atomic mass is 9.89. The number of piperidine rings is 1.